The Morgan fingerprint density at radius 3 is 2.50 bits per heavy atom. The van der Waals surface area contributed by atoms with Gasteiger partial charge in [-0.3, -0.25) is 0 Å². The minimum atomic E-state index is 0.744. The van der Waals surface area contributed by atoms with Crippen molar-refractivity contribution in [3.63, 3.8) is 0 Å². The van der Waals surface area contributed by atoms with E-state index in [9.17, 15) is 0 Å². The second-order valence-electron chi connectivity index (χ2n) is 3.79. The van der Waals surface area contributed by atoms with Crippen LogP contribution in [-0.4, -0.2) is 12.6 Å². The van der Waals surface area contributed by atoms with Gasteiger partial charge in [-0.05, 0) is 38.1 Å². The molecule has 0 spiro atoms. The quantitative estimate of drug-likeness (QED) is 0.589. The van der Waals surface area contributed by atoms with Gasteiger partial charge in [-0.1, -0.05) is 13.8 Å². The van der Waals surface area contributed by atoms with Gasteiger partial charge in [0, 0.05) is 6.04 Å². The molecule has 0 saturated carbocycles. The van der Waals surface area contributed by atoms with E-state index in [0.717, 1.165) is 17.9 Å². The molecule has 1 saturated heterocycles. The van der Waals surface area contributed by atoms with E-state index in [1.54, 1.807) is 0 Å². The van der Waals surface area contributed by atoms with Gasteiger partial charge in [0.25, 0.3) is 0 Å². The van der Waals surface area contributed by atoms with Gasteiger partial charge in [0.05, 0.1) is 0 Å². The van der Waals surface area contributed by atoms with Crippen LogP contribution in [0.5, 0.6) is 0 Å². The van der Waals surface area contributed by atoms with E-state index in [1.807, 2.05) is 0 Å². The molecule has 10 heavy (non-hydrogen) atoms. The monoisotopic (exact) mass is 141 g/mol. The molecule has 1 aliphatic heterocycles. The summed E-state index contributed by atoms with van der Waals surface area (Å²) in [7, 11) is 0. The van der Waals surface area contributed by atoms with Crippen molar-refractivity contribution in [3.8, 4) is 0 Å². The van der Waals surface area contributed by atoms with Gasteiger partial charge in [-0.25, -0.2) is 0 Å². The molecular formula is C9H19N. The zero-order chi connectivity index (χ0) is 7.56. The maximum absolute atomic E-state index is 3.51. The minimum absolute atomic E-state index is 0.744. The lowest BCUT2D eigenvalue weighted by atomic mass is 9.83. The van der Waals surface area contributed by atoms with E-state index < -0.39 is 0 Å². The van der Waals surface area contributed by atoms with Crippen LogP contribution in [0.15, 0.2) is 0 Å². The molecule has 60 valence electrons. The van der Waals surface area contributed by atoms with Gasteiger partial charge in [0.1, 0.15) is 0 Å². The van der Waals surface area contributed by atoms with Gasteiger partial charge in [-0.2, -0.15) is 0 Å². The molecule has 0 amide bonds. The van der Waals surface area contributed by atoms with Gasteiger partial charge < -0.3 is 5.32 Å². The zero-order valence-corrected chi connectivity index (χ0v) is 7.35. The third-order valence-corrected chi connectivity index (χ3v) is 2.68. The zero-order valence-electron chi connectivity index (χ0n) is 7.35. The standard InChI is InChI=1S/C9H19N/c1-7(2)9-5-4-6-10-8(9)3/h7-10H,4-6H2,1-3H3. The van der Waals surface area contributed by atoms with E-state index in [-0.39, 0.29) is 0 Å². The topological polar surface area (TPSA) is 12.0 Å². The maximum atomic E-state index is 3.51. The Morgan fingerprint density at radius 2 is 2.10 bits per heavy atom. The van der Waals surface area contributed by atoms with Crippen molar-refractivity contribution in [1.29, 1.82) is 0 Å². The largest absolute Gasteiger partial charge is 0.314 e. The Kier molecular flexibility index (Phi) is 2.72. The summed E-state index contributed by atoms with van der Waals surface area (Å²) in [5, 5.41) is 3.51. The first kappa shape index (κ1) is 8.06. The van der Waals surface area contributed by atoms with Gasteiger partial charge >= 0.3 is 0 Å². The van der Waals surface area contributed by atoms with Crippen LogP contribution < -0.4 is 5.32 Å². The molecule has 2 unspecified atom stereocenters. The number of nitrogens with one attached hydrogen (secondary N) is 1. The highest BCUT2D eigenvalue weighted by molar-refractivity contribution is 4.79. The maximum Gasteiger partial charge on any atom is 0.00694 e. The molecule has 0 aromatic heterocycles. The molecule has 0 radical (unpaired) electrons. The highest BCUT2D eigenvalue weighted by atomic mass is 14.9. The summed E-state index contributed by atoms with van der Waals surface area (Å²) in [4.78, 5) is 0. The molecule has 1 rings (SSSR count). The lowest BCUT2D eigenvalue weighted by molar-refractivity contribution is 0.232. The van der Waals surface area contributed by atoms with Crippen LogP contribution in [0.3, 0.4) is 0 Å². The van der Waals surface area contributed by atoms with Crippen LogP contribution in [0.2, 0.25) is 0 Å². The molecule has 0 bridgehead atoms. The average Bonchev–Trinajstić information content (AvgIpc) is 1.88. The van der Waals surface area contributed by atoms with Gasteiger partial charge in [0.15, 0.2) is 0 Å². The molecule has 1 fully saturated rings. The van der Waals surface area contributed by atoms with Crippen LogP contribution in [0.4, 0.5) is 0 Å². The van der Waals surface area contributed by atoms with E-state index in [2.05, 4.69) is 26.1 Å². The van der Waals surface area contributed by atoms with E-state index in [4.69, 9.17) is 0 Å². The molecule has 1 heteroatoms. The van der Waals surface area contributed by atoms with Crippen molar-refractivity contribution in [1.82, 2.24) is 5.32 Å². The summed E-state index contributed by atoms with van der Waals surface area (Å²) in [5.41, 5.74) is 0. The molecule has 1 nitrogen and oxygen atoms in total. The first-order valence-corrected chi connectivity index (χ1v) is 4.45. The van der Waals surface area contributed by atoms with E-state index in [1.165, 1.54) is 19.4 Å². The predicted octanol–water partition coefficient (Wildman–Crippen LogP) is 2.03. The first-order chi connectivity index (χ1) is 4.72. The Labute approximate surface area is 64.2 Å². The fourth-order valence-electron chi connectivity index (χ4n) is 1.98. The Hall–Kier alpha value is -0.0400. The SMILES string of the molecule is CC(C)C1CCCNC1C. The molecule has 0 aliphatic carbocycles. The third kappa shape index (κ3) is 1.72. The molecular weight excluding hydrogens is 122 g/mol. The number of hydrogen-bond donors (Lipinski definition) is 1. The molecule has 1 N–H and O–H groups in total. The molecule has 1 aliphatic rings. The molecule has 0 aromatic rings. The van der Waals surface area contributed by atoms with Gasteiger partial charge in [-0.15, -0.1) is 0 Å². The van der Waals surface area contributed by atoms with Crippen molar-refractivity contribution in [2.24, 2.45) is 11.8 Å². The third-order valence-electron chi connectivity index (χ3n) is 2.68. The van der Waals surface area contributed by atoms with Crippen molar-refractivity contribution in [2.75, 3.05) is 6.54 Å². The number of piperidine rings is 1. The van der Waals surface area contributed by atoms with E-state index >= 15 is 0 Å². The predicted molar refractivity (Wildman–Crippen MR) is 45.0 cm³/mol. The summed E-state index contributed by atoms with van der Waals surface area (Å²) < 4.78 is 0. The second kappa shape index (κ2) is 3.38. The minimum Gasteiger partial charge on any atom is -0.314 e. The highest BCUT2D eigenvalue weighted by Gasteiger charge is 2.22. The van der Waals surface area contributed by atoms with Crippen molar-refractivity contribution < 1.29 is 0 Å². The van der Waals surface area contributed by atoms with E-state index in [0.29, 0.717) is 0 Å². The van der Waals surface area contributed by atoms with Crippen LogP contribution in [0.25, 0.3) is 0 Å². The fourth-order valence-corrected chi connectivity index (χ4v) is 1.98. The highest BCUT2D eigenvalue weighted by Crippen LogP contribution is 2.23. The summed E-state index contributed by atoms with van der Waals surface area (Å²) in [6, 6.07) is 0.744. The smallest absolute Gasteiger partial charge is 0.00694 e. The first-order valence-electron chi connectivity index (χ1n) is 4.45. The van der Waals surface area contributed by atoms with Crippen LogP contribution >= 0.6 is 0 Å². The summed E-state index contributed by atoms with van der Waals surface area (Å²) in [6.45, 7) is 8.19. The van der Waals surface area contributed by atoms with Crippen LogP contribution in [0.1, 0.15) is 33.6 Å². The Bertz CT molecular complexity index is 98.9. The van der Waals surface area contributed by atoms with Crippen molar-refractivity contribution in [2.45, 2.75) is 39.7 Å². The van der Waals surface area contributed by atoms with Gasteiger partial charge in [0.2, 0.25) is 0 Å². The number of rotatable bonds is 1. The number of hydrogen-bond acceptors (Lipinski definition) is 1. The summed E-state index contributed by atoms with van der Waals surface area (Å²) in [5.74, 6) is 1.76. The molecule has 2 atom stereocenters. The van der Waals surface area contributed by atoms with Crippen LogP contribution in [-0.2, 0) is 0 Å². The van der Waals surface area contributed by atoms with Crippen LogP contribution in [0, 0.1) is 11.8 Å². The second-order valence-corrected chi connectivity index (χ2v) is 3.79. The molecule has 0 aromatic carbocycles. The normalized spacial score (nSPS) is 34.8. The molecule has 1 heterocycles. The Morgan fingerprint density at radius 1 is 1.40 bits per heavy atom. The van der Waals surface area contributed by atoms with Crippen molar-refractivity contribution in [3.05, 3.63) is 0 Å². The van der Waals surface area contributed by atoms with Crippen molar-refractivity contribution >= 4 is 0 Å². The lowest BCUT2D eigenvalue weighted by Gasteiger charge is -2.32. The Balaban J connectivity index is 2.40. The summed E-state index contributed by atoms with van der Waals surface area (Å²) in [6.07, 6.45) is 2.79. The average molecular weight is 141 g/mol. The summed E-state index contributed by atoms with van der Waals surface area (Å²) >= 11 is 0. The lowest BCUT2D eigenvalue weighted by Crippen LogP contribution is -2.41. The fraction of sp³-hybridized carbons (Fsp3) is 1.00.